The first-order chi connectivity index (χ1) is 15.7. The van der Waals surface area contributed by atoms with Gasteiger partial charge in [-0.3, -0.25) is 14.5 Å². The third kappa shape index (κ3) is 6.82. The molecular formula is C21H33BN4O8. The standard InChI is InChI=1S/C21H33BN4O8/c1-12(22(32)33)7-13-5-6-15(17(18(13)28)19(29)30)34-14-9-26(10-14)11-21(2,23)20(31)24-8-16(27)25(3)4/h5-6,12,14,28,32-33H,7-11,23H2,1-4H3,(H,24,31)(H,29,30)/t12-,21?/m1/s1. The first-order valence-corrected chi connectivity index (χ1v) is 10.8. The van der Waals surface area contributed by atoms with Crippen molar-refractivity contribution < 1.29 is 39.4 Å². The summed E-state index contributed by atoms with van der Waals surface area (Å²) in [5, 5.41) is 41.1. The van der Waals surface area contributed by atoms with E-state index in [-0.39, 0.29) is 42.8 Å². The van der Waals surface area contributed by atoms with Crippen LogP contribution in [0.2, 0.25) is 5.82 Å². The van der Waals surface area contributed by atoms with Crippen molar-refractivity contribution >= 4 is 24.9 Å². The van der Waals surface area contributed by atoms with Gasteiger partial charge in [-0.25, -0.2) is 4.79 Å². The number of phenols is 1. The van der Waals surface area contributed by atoms with Crippen molar-refractivity contribution in [1.29, 1.82) is 0 Å². The summed E-state index contributed by atoms with van der Waals surface area (Å²) in [5.74, 6) is -3.20. The summed E-state index contributed by atoms with van der Waals surface area (Å²) in [5.41, 5.74) is 4.74. The van der Waals surface area contributed by atoms with E-state index in [1.165, 1.54) is 17.0 Å². The molecule has 0 aromatic heterocycles. The molecule has 1 aliphatic rings. The predicted molar refractivity (Wildman–Crippen MR) is 124 cm³/mol. The summed E-state index contributed by atoms with van der Waals surface area (Å²) < 4.78 is 5.77. The molecule has 2 rings (SSSR count). The number of carboxylic acids is 1. The SMILES string of the molecule is C[C@H](Cc1ccc(OC2CN(CC(C)(N)C(=O)NCC(=O)N(C)C)C2)c(C(=O)O)c1O)B(O)O. The zero-order valence-corrected chi connectivity index (χ0v) is 19.8. The van der Waals surface area contributed by atoms with Crippen LogP contribution in [0.4, 0.5) is 0 Å². The summed E-state index contributed by atoms with van der Waals surface area (Å²) in [6.07, 6.45) is -0.311. The maximum absolute atomic E-state index is 12.4. The number of amides is 2. The number of benzene rings is 1. The molecule has 13 heteroatoms. The van der Waals surface area contributed by atoms with Crippen molar-refractivity contribution in [1.82, 2.24) is 15.1 Å². The largest absolute Gasteiger partial charge is 0.507 e. The number of rotatable bonds is 11. The number of likely N-dealkylation sites (tertiary alicyclic amines) is 1. The summed E-state index contributed by atoms with van der Waals surface area (Å²) in [6, 6.07) is 2.92. The van der Waals surface area contributed by atoms with Crippen molar-refractivity contribution in [2.24, 2.45) is 5.73 Å². The first kappa shape index (κ1) is 27.4. The third-order valence-corrected chi connectivity index (χ3v) is 5.68. The lowest BCUT2D eigenvalue weighted by Crippen LogP contribution is -2.64. The molecule has 0 saturated carbocycles. The minimum atomic E-state index is -1.60. The van der Waals surface area contributed by atoms with Gasteiger partial charge in [-0.15, -0.1) is 0 Å². The fourth-order valence-electron chi connectivity index (χ4n) is 3.50. The molecule has 2 amide bonds. The zero-order chi connectivity index (χ0) is 25.8. The maximum Gasteiger partial charge on any atom is 0.454 e. The Morgan fingerprint density at radius 1 is 1.32 bits per heavy atom. The number of hydrogen-bond acceptors (Lipinski definition) is 9. The smallest absolute Gasteiger partial charge is 0.454 e. The number of nitrogens with zero attached hydrogens (tertiary/aromatic N) is 2. The monoisotopic (exact) mass is 480 g/mol. The Morgan fingerprint density at radius 3 is 2.47 bits per heavy atom. The van der Waals surface area contributed by atoms with Crippen LogP contribution in [0.15, 0.2) is 12.1 Å². The number of carbonyl (C=O) groups is 3. The molecule has 1 heterocycles. The van der Waals surface area contributed by atoms with Crippen LogP contribution in [-0.2, 0) is 16.0 Å². The van der Waals surface area contributed by atoms with Crippen molar-refractivity contribution in [3.8, 4) is 11.5 Å². The Bertz CT molecular complexity index is 918. The van der Waals surface area contributed by atoms with E-state index in [0.717, 1.165) is 0 Å². The molecule has 1 aromatic carbocycles. The van der Waals surface area contributed by atoms with Crippen LogP contribution >= 0.6 is 0 Å². The number of nitrogens with one attached hydrogen (secondary N) is 1. The van der Waals surface area contributed by atoms with E-state index in [4.69, 9.17) is 10.5 Å². The third-order valence-electron chi connectivity index (χ3n) is 5.68. The Hall–Kier alpha value is -2.87. The predicted octanol–water partition coefficient (Wildman–Crippen LogP) is -1.52. The van der Waals surface area contributed by atoms with Crippen molar-refractivity contribution in [2.45, 2.75) is 37.7 Å². The van der Waals surface area contributed by atoms with Gasteiger partial charge < -0.3 is 40.9 Å². The number of ether oxygens (including phenoxy) is 1. The molecule has 0 aliphatic carbocycles. The summed E-state index contributed by atoms with van der Waals surface area (Å²) in [6.45, 7) is 3.92. The van der Waals surface area contributed by atoms with Crippen molar-refractivity contribution in [3.05, 3.63) is 23.3 Å². The molecule has 7 N–H and O–H groups in total. The second-order valence-corrected chi connectivity index (χ2v) is 9.17. The highest BCUT2D eigenvalue weighted by Crippen LogP contribution is 2.35. The Balaban J connectivity index is 1.96. The lowest BCUT2D eigenvalue weighted by molar-refractivity contribution is -0.133. The zero-order valence-electron chi connectivity index (χ0n) is 19.8. The van der Waals surface area contributed by atoms with E-state index >= 15 is 0 Å². The fraction of sp³-hybridized carbons (Fsp3) is 0.571. The van der Waals surface area contributed by atoms with E-state index in [9.17, 15) is 34.6 Å². The van der Waals surface area contributed by atoms with Crippen LogP contribution in [0.5, 0.6) is 11.5 Å². The van der Waals surface area contributed by atoms with Crippen molar-refractivity contribution in [3.63, 3.8) is 0 Å². The second-order valence-electron chi connectivity index (χ2n) is 9.17. The number of carboxylic acid groups (broad SMARTS) is 1. The Kier molecular flexibility index (Phi) is 8.89. The van der Waals surface area contributed by atoms with Crippen LogP contribution < -0.4 is 15.8 Å². The summed E-state index contributed by atoms with van der Waals surface area (Å²) in [7, 11) is 1.56. The highest BCUT2D eigenvalue weighted by Gasteiger charge is 2.38. The molecule has 1 aliphatic heterocycles. The number of aromatic hydroxyl groups is 1. The number of carbonyl (C=O) groups excluding carboxylic acids is 2. The van der Waals surface area contributed by atoms with Gasteiger partial charge in [0.2, 0.25) is 11.8 Å². The molecule has 12 nitrogen and oxygen atoms in total. The molecule has 1 fully saturated rings. The van der Waals surface area contributed by atoms with Crippen molar-refractivity contribution in [2.75, 3.05) is 40.3 Å². The lowest BCUT2D eigenvalue weighted by atomic mass is 9.71. The van der Waals surface area contributed by atoms with Gasteiger partial charge in [0.15, 0.2) is 0 Å². The summed E-state index contributed by atoms with van der Waals surface area (Å²) in [4.78, 5) is 39.0. The van der Waals surface area contributed by atoms with Gasteiger partial charge in [0, 0.05) is 33.7 Å². The first-order valence-electron chi connectivity index (χ1n) is 10.8. The van der Waals surface area contributed by atoms with Crippen LogP contribution in [0.1, 0.15) is 29.8 Å². The maximum atomic E-state index is 12.4. The van der Waals surface area contributed by atoms with Crippen LogP contribution in [0, 0.1) is 0 Å². The van der Waals surface area contributed by atoms with Crippen LogP contribution in [-0.4, -0.2) is 107 Å². The van der Waals surface area contributed by atoms with E-state index in [2.05, 4.69) is 5.32 Å². The normalized spacial score (nSPS) is 16.7. The lowest BCUT2D eigenvalue weighted by Gasteiger charge is -2.42. The quantitative estimate of drug-likeness (QED) is 0.203. The van der Waals surface area contributed by atoms with E-state index in [1.807, 2.05) is 4.90 Å². The number of hydrogen-bond donors (Lipinski definition) is 6. The fourth-order valence-corrected chi connectivity index (χ4v) is 3.50. The van der Waals surface area contributed by atoms with E-state index in [0.29, 0.717) is 13.1 Å². The minimum Gasteiger partial charge on any atom is -0.507 e. The molecule has 1 aromatic rings. The molecule has 188 valence electrons. The van der Waals surface area contributed by atoms with Gasteiger partial charge in [0.25, 0.3) is 0 Å². The van der Waals surface area contributed by atoms with Crippen LogP contribution in [0.25, 0.3) is 0 Å². The summed E-state index contributed by atoms with van der Waals surface area (Å²) >= 11 is 0. The van der Waals surface area contributed by atoms with Gasteiger partial charge in [-0.1, -0.05) is 13.0 Å². The molecule has 1 unspecified atom stereocenters. The topological polar surface area (TPSA) is 186 Å². The second kappa shape index (κ2) is 11.0. The number of nitrogens with two attached hydrogens (primary N) is 1. The molecule has 0 bridgehead atoms. The Labute approximate surface area is 198 Å². The van der Waals surface area contributed by atoms with Gasteiger partial charge in [-0.2, -0.15) is 0 Å². The van der Waals surface area contributed by atoms with E-state index in [1.54, 1.807) is 27.9 Å². The molecule has 0 spiro atoms. The number of aromatic carboxylic acids is 1. The molecule has 0 radical (unpaired) electrons. The highest BCUT2D eigenvalue weighted by molar-refractivity contribution is 6.43. The molecule has 1 saturated heterocycles. The molecule has 2 atom stereocenters. The molecule has 34 heavy (non-hydrogen) atoms. The minimum absolute atomic E-state index is 0.00829. The van der Waals surface area contributed by atoms with Gasteiger partial charge in [-0.05, 0) is 30.8 Å². The van der Waals surface area contributed by atoms with E-state index < -0.39 is 41.7 Å². The van der Waals surface area contributed by atoms with Gasteiger partial charge in [0.05, 0.1) is 6.54 Å². The van der Waals surface area contributed by atoms with Gasteiger partial charge >= 0.3 is 13.1 Å². The van der Waals surface area contributed by atoms with Gasteiger partial charge in [0.1, 0.15) is 28.7 Å². The number of likely N-dealkylation sites (N-methyl/N-ethyl adjacent to an activating group) is 1. The Morgan fingerprint density at radius 2 is 1.94 bits per heavy atom. The molecular weight excluding hydrogens is 447 g/mol. The average molecular weight is 480 g/mol. The average Bonchev–Trinajstić information content (AvgIpc) is 2.71. The highest BCUT2D eigenvalue weighted by atomic mass is 16.5. The van der Waals surface area contributed by atoms with Crippen LogP contribution in [0.3, 0.4) is 0 Å².